The molecule has 0 atom stereocenters. The van der Waals surface area contributed by atoms with Crippen molar-refractivity contribution in [3.8, 4) is 28.4 Å². The Morgan fingerprint density at radius 3 is 2.77 bits per heavy atom. The summed E-state index contributed by atoms with van der Waals surface area (Å²) in [5.41, 5.74) is 3.56. The van der Waals surface area contributed by atoms with Gasteiger partial charge in [0, 0.05) is 17.5 Å². The van der Waals surface area contributed by atoms with Crippen LogP contribution in [-0.4, -0.2) is 38.4 Å². The van der Waals surface area contributed by atoms with E-state index < -0.39 is 5.97 Å². The van der Waals surface area contributed by atoms with E-state index in [2.05, 4.69) is 5.32 Å². The number of esters is 1. The minimum atomic E-state index is -0.409. The smallest absolute Gasteiger partial charge is 0.344 e. The Labute approximate surface area is 178 Å². The first-order valence-electron chi connectivity index (χ1n) is 10.2. The summed E-state index contributed by atoms with van der Waals surface area (Å²) in [5.74, 6) is 1.48. The van der Waals surface area contributed by atoms with Gasteiger partial charge in [0.05, 0.1) is 6.61 Å². The van der Waals surface area contributed by atoms with Crippen molar-refractivity contribution in [3.63, 3.8) is 0 Å². The molecule has 3 aromatic carbocycles. The number of nitrogens with one attached hydrogen (secondary N) is 1. The number of ether oxygens (including phenoxy) is 4. The fourth-order valence-corrected chi connectivity index (χ4v) is 4.13. The lowest BCUT2D eigenvalue weighted by Gasteiger charge is -2.23. The molecular formula is C24H21NO6. The highest BCUT2D eigenvalue weighted by Gasteiger charge is 2.27. The summed E-state index contributed by atoms with van der Waals surface area (Å²) < 4.78 is 21.8. The van der Waals surface area contributed by atoms with Gasteiger partial charge in [-0.1, -0.05) is 18.2 Å². The maximum atomic E-state index is 12.6. The van der Waals surface area contributed by atoms with Crippen LogP contribution in [0.3, 0.4) is 0 Å². The second-order valence-electron chi connectivity index (χ2n) is 7.30. The van der Waals surface area contributed by atoms with E-state index in [1.54, 1.807) is 6.92 Å². The van der Waals surface area contributed by atoms with Gasteiger partial charge in [-0.25, -0.2) is 4.79 Å². The van der Waals surface area contributed by atoms with Gasteiger partial charge < -0.3 is 24.3 Å². The normalized spacial score (nSPS) is 14.2. The lowest BCUT2D eigenvalue weighted by Crippen LogP contribution is -2.32. The van der Waals surface area contributed by atoms with Gasteiger partial charge in [0.25, 0.3) is 5.91 Å². The minimum Gasteiger partial charge on any atom is -0.482 e. The number of hydrogen-bond donors (Lipinski definition) is 1. The summed E-state index contributed by atoms with van der Waals surface area (Å²) >= 11 is 0. The average Bonchev–Trinajstić information content (AvgIpc) is 3.27. The molecule has 2 aliphatic rings. The average molecular weight is 419 g/mol. The van der Waals surface area contributed by atoms with Gasteiger partial charge >= 0.3 is 5.97 Å². The fraction of sp³-hybridized carbons (Fsp3) is 0.250. The van der Waals surface area contributed by atoms with E-state index in [0.717, 1.165) is 33.9 Å². The highest BCUT2D eigenvalue weighted by molar-refractivity contribution is 6.10. The molecular weight excluding hydrogens is 398 g/mol. The highest BCUT2D eigenvalue weighted by atomic mass is 16.7. The molecule has 7 heteroatoms. The third-order valence-corrected chi connectivity index (χ3v) is 5.46. The Bertz CT molecular complexity index is 1190. The highest BCUT2D eigenvalue weighted by Crippen LogP contribution is 2.46. The van der Waals surface area contributed by atoms with Gasteiger partial charge in [-0.3, -0.25) is 4.79 Å². The molecule has 0 unspecified atom stereocenters. The van der Waals surface area contributed by atoms with E-state index in [1.165, 1.54) is 0 Å². The van der Waals surface area contributed by atoms with Gasteiger partial charge in [-0.15, -0.1) is 0 Å². The molecule has 0 aliphatic carbocycles. The van der Waals surface area contributed by atoms with Crippen LogP contribution in [0.1, 0.15) is 22.8 Å². The SMILES string of the molecule is CCOC(=O)COc1ccc(-c2c3c(cc4ccc5c(c24)OCO5)C(=O)NCC3)cc1. The predicted molar refractivity (Wildman–Crippen MR) is 114 cm³/mol. The topological polar surface area (TPSA) is 83.1 Å². The monoisotopic (exact) mass is 419 g/mol. The summed E-state index contributed by atoms with van der Waals surface area (Å²) in [5, 5.41) is 4.77. The number of fused-ring (bicyclic) bond motifs is 4. The number of amides is 1. The van der Waals surface area contributed by atoms with Crippen LogP contribution in [0.2, 0.25) is 0 Å². The first kappa shape index (κ1) is 19.2. The maximum absolute atomic E-state index is 12.6. The summed E-state index contributed by atoms with van der Waals surface area (Å²) in [6.07, 6.45) is 0.720. The molecule has 3 aromatic rings. The molecule has 0 aromatic heterocycles. The third-order valence-electron chi connectivity index (χ3n) is 5.46. The summed E-state index contributed by atoms with van der Waals surface area (Å²) in [7, 11) is 0. The zero-order valence-electron chi connectivity index (χ0n) is 17.0. The molecule has 0 saturated carbocycles. The van der Waals surface area contributed by atoms with Crippen molar-refractivity contribution in [1.82, 2.24) is 5.32 Å². The fourth-order valence-electron chi connectivity index (χ4n) is 4.13. The standard InChI is InChI=1S/C24H21NO6/c1-2-28-20(26)12-29-16-6-3-14(4-7-16)21-17-9-10-25-24(27)18(17)11-15-5-8-19-23(22(15)21)31-13-30-19/h3-8,11H,2,9-10,12-13H2,1H3,(H,25,27). The van der Waals surface area contributed by atoms with E-state index in [4.69, 9.17) is 18.9 Å². The lowest BCUT2D eigenvalue weighted by atomic mass is 9.86. The second-order valence-corrected chi connectivity index (χ2v) is 7.30. The van der Waals surface area contributed by atoms with E-state index in [0.29, 0.717) is 36.0 Å². The van der Waals surface area contributed by atoms with Crippen molar-refractivity contribution >= 4 is 22.6 Å². The molecule has 1 N–H and O–H groups in total. The van der Waals surface area contributed by atoms with E-state index >= 15 is 0 Å². The van der Waals surface area contributed by atoms with Crippen LogP contribution in [0, 0.1) is 0 Å². The summed E-state index contributed by atoms with van der Waals surface area (Å²) in [4.78, 5) is 24.1. The van der Waals surface area contributed by atoms with Crippen LogP contribution in [0.4, 0.5) is 0 Å². The molecule has 158 valence electrons. The largest absolute Gasteiger partial charge is 0.482 e. The predicted octanol–water partition coefficient (Wildman–Crippen LogP) is 3.46. The van der Waals surface area contributed by atoms with Gasteiger partial charge in [-0.2, -0.15) is 0 Å². The molecule has 0 fully saturated rings. The Morgan fingerprint density at radius 2 is 1.97 bits per heavy atom. The summed E-state index contributed by atoms with van der Waals surface area (Å²) in [6.45, 7) is 2.68. The van der Waals surface area contributed by atoms with Crippen molar-refractivity contribution in [2.24, 2.45) is 0 Å². The second kappa shape index (κ2) is 7.83. The van der Waals surface area contributed by atoms with Crippen LogP contribution in [0.5, 0.6) is 17.2 Å². The molecule has 2 heterocycles. The molecule has 5 rings (SSSR count). The van der Waals surface area contributed by atoms with Crippen molar-refractivity contribution in [2.45, 2.75) is 13.3 Å². The van der Waals surface area contributed by atoms with Gasteiger partial charge in [0.1, 0.15) is 5.75 Å². The third kappa shape index (κ3) is 3.42. The minimum absolute atomic E-state index is 0.0727. The van der Waals surface area contributed by atoms with Gasteiger partial charge in [-0.05, 0) is 59.7 Å². The number of rotatable bonds is 5. The molecule has 0 spiro atoms. The number of benzene rings is 3. The molecule has 0 bridgehead atoms. The van der Waals surface area contributed by atoms with Gasteiger partial charge in [0.2, 0.25) is 6.79 Å². The Balaban J connectivity index is 1.61. The molecule has 0 radical (unpaired) electrons. The number of carbonyl (C=O) groups is 2. The van der Waals surface area contributed by atoms with Crippen LogP contribution in [-0.2, 0) is 16.0 Å². The Kier molecular flexibility index (Phi) is 4.86. The van der Waals surface area contributed by atoms with Crippen molar-refractivity contribution in [2.75, 3.05) is 26.6 Å². The van der Waals surface area contributed by atoms with Crippen molar-refractivity contribution in [3.05, 3.63) is 53.6 Å². The number of hydrogen-bond acceptors (Lipinski definition) is 6. The van der Waals surface area contributed by atoms with Crippen LogP contribution < -0.4 is 19.5 Å². The summed E-state index contributed by atoms with van der Waals surface area (Å²) in [6, 6.07) is 13.2. The maximum Gasteiger partial charge on any atom is 0.344 e. The zero-order valence-corrected chi connectivity index (χ0v) is 17.0. The molecule has 1 amide bonds. The van der Waals surface area contributed by atoms with Crippen LogP contribution in [0.15, 0.2) is 42.5 Å². The molecule has 0 saturated heterocycles. The molecule has 7 nitrogen and oxygen atoms in total. The van der Waals surface area contributed by atoms with Crippen LogP contribution in [0.25, 0.3) is 21.9 Å². The quantitative estimate of drug-likeness (QED) is 0.638. The van der Waals surface area contributed by atoms with E-state index in [1.807, 2.05) is 42.5 Å². The van der Waals surface area contributed by atoms with Crippen LogP contribution >= 0.6 is 0 Å². The Hall–Kier alpha value is -3.74. The molecule has 2 aliphatic heterocycles. The zero-order chi connectivity index (χ0) is 21.4. The number of carbonyl (C=O) groups excluding carboxylic acids is 2. The van der Waals surface area contributed by atoms with E-state index in [-0.39, 0.29) is 19.3 Å². The van der Waals surface area contributed by atoms with Crippen molar-refractivity contribution < 1.29 is 28.5 Å². The van der Waals surface area contributed by atoms with E-state index in [9.17, 15) is 9.59 Å². The first-order chi connectivity index (χ1) is 15.2. The van der Waals surface area contributed by atoms with Crippen molar-refractivity contribution in [1.29, 1.82) is 0 Å². The van der Waals surface area contributed by atoms with Gasteiger partial charge in [0.15, 0.2) is 18.1 Å². The molecule has 31 heavy (non-hydrogen) atoms. The lowest BCUT2D eigenvalue weighted by molar-refractivity contribution is -0.145. The Morgan fingerprint density at radius 1 is 1.13 bits per heavy atom. The first-order valence-corrected chi connectivity index (χ1v) is 10.2.